The summed E-state index contributed by atoms with van der Waals surface area (Å²) in [5.41, 5.74) is 1.18. The van der Waals surface area contributed by atoms with Crippen molar-refractivity contribution in [3.8, 4) is 0 Å². The molecule has 1 aromatic carbocycles. The number of hydrogen-bond donors (Lipinski definition) is 1. The lowest BCUT2D eigenvalue weighted by molar-refractivity contribution is 0.0987. The van der Waals surface area contributed by atoms with Gasteiger partial charge in [-0.25, -0.2) is 4.98 Å². The number of carbonyl (C=O) groups excluding carboxylic acids is 2. The molecule has 5 nitrogen and oxygen atoms in total. The molecule has 0 fully saturated rings. The number of aromatic nitrogens is 1. The van der Waals surface area contributed by atoms with E-state index in [2.05, 4.69) is 10.3 Å². The summed E-state index contributed by atoms with van der Waals surface area (Å²) in [6.45, 7) is 3.20. The average Bonchev–Trinajstić information content (AvgIpc) is 2.76. The highest BCUT2D eigenvalue weighted by Crippen LogP contribution is 2.12. The number of rotatable bonds is 3. The number of carbonyl (C=O) groups is 2. The second kappa shape index (κ2) is 4.83. The second-order valence-electron chi connectivity index (χ2n) is 3.86. The zero-order valence-electron chi connectivity index (χ0n) is 10.1. The van der Waals surface area contributed by atoms with E-state index in [1.807, 2.05) is 0 Å². The van der Waals surface area contributed by atoms with Crippen LogP contribution in [0.2, 0.25) is 0 Å². The minimum atomic E-state index is -0.418. The van der Waals surface area contributed by atoms with Crippen LogP contribution in [0, 0.1) is 6.92 Å². The average molecular weight is 244 g/mol. The Bertz CT molecular complexity index is 585. The fourth-order valence-electron chi connectivity index (χ4n) is 1.43. The molecule has 0 saturated carbocycles. The number of ketones is 1. The van der Waals surface area contributed by atoms with E-state index in [-0.39, 0.29) is 11.7 Å². The Labute approximate surface area is 104 Å². The summed E-state index contributed by atoms with van der Waals surface area (Å²) in [5, 5.41) is 2.63. The number of amides is 1. The Hall–Kier alpha value is -2.43. The molecule has 0 aliphatic carbocycles. The van der Waals surface area contributed by atoms with Gasteiger partial charge in [0.05, 0.1) is 6.20 Å². The maximum atomic E-state index is 11.7. The molecule has 18 heavy (non-hydrogen) atoms. The third-order valence-electron chi connectivity index (χ3n) is 2.36. The molecule has 1 aromatic heterocycles. The lowest BCUT2D eigenvalue weighted by atomic mass is 10.1. The van der Waals surface area contributed by atoms with Gasteiger partial charge in [-0.15, -0.1) is 0 Å². The number of nitrogens with one attached hydrogen (secondary N) is 1. The summed E-state index contributed by atoms with van der Waals surface area (Å²) < 4.78 is 5.10. The van der Waals surface area contributed by atoms with E-state index in [1.54, 1.807) is 31.2 Å². The van der Waals surface area contributed by atoms with Gasteiger partial charge in [-0.2, -0.15) is 0 Å². The van der Waals surface area contributed by atoms with Crippen LogP contribution in [-0.2, 0) is 0 Å². The van der Waals surface area contributed by atoms with Crippen molar-refractivity contribution in [1.29, 1.82) is 0 Å². The number of benzene rings is 1. The van der Waals surface area contributed by atoms with Crippen molar-refractivity contribution in [3.05, 3.63) is 47.7 Å². The van der Waals surface area contributed by atoms with Crippen LogP contribution in [-0.4, -0.2) is 16.7 Å². The molecule has 1 amide bonds. The molecule has 2 aromatic rings. The molecule has 0 aliphatic rings. The first-order valence-corrected chi connectivity index (χ1v) is 5.41. The Balaban J connectivity index is 2.10. The molecule has 92 valence electrons. The van der Waals surface area contributed by atoms with E-state index in [4.69, 9.17) is 4.42 Å². The van der Waals surface area contributed by atoms with Gasteiger partial charge in [-0.1, -0.05) is 0 Å². The molecule has 5 heteroatoms. The molecule has 0 spiro atoms. The molecular weight excluding hydrogens is 232 g/mol. The van der Waals surface area contributed by atoms with Crippen molar-refractivity contribution in [2.45, 2.75) is 13.8 Å². The predicted octanol–water partition coefficient (Wildman–Crippen LogP) is 2.44. The fourth-order valence-corrected chi connectivity index (χ4v) is 1.43. The van der Waals surface area contributed by atoms with Gasteiger partial charge in [-0.3, -0.25) is 9.59 Å². The third kappa shape index (κ3) is 2.63. The standard InChI is InChI=1S/C13H12N2O3/c1-8-7-14-13(18-8)12(17)15-11-5-3-10(4-6-11)9(2)16/h3-7H,1-2H3,(H,15,17). The molecule has 0 unspecified atom stereocenters. The topological polar surface area (TPSA) is 72.2 Å². The number of aryl methyl sites for hydroxylation is 1. The summed E-state index contributed by atoms with van der Waals surface area (Å²) in [6, 6.07) is 6.62. The Morgan fingerprint density at radius 3 is 2.39 bits per heavy atom. The van der Waals surface area contributed by atoms with Crippen molar-refractivity contribution in [3.63, 3.8) is 0 Å². The Morgan fingerprint density at radius 2 is 1.89 bits per heavy atom. The van der Waals surface area contributed by atoms with E-state index in [0.29, 0.717) is 17.0 Å². The van der Waals surface area contributed by atoms with Gasteiger partial charge >= 0.3 is 5.91 Å². The lowest BCUT2D eigenvalue weighted by Gasteiger charge is -2.03. The Morgan fingerprint density at radius 1 is 1.22 bits per heavy atom. The van der Waals surface area contributed by atoms with Gasteiger partial charge in [0.25, 0.3) is 5.89 Å². The zero-order valence-corrected chi connectivity index (χ0v) is 10.1. The van der Waals surface area contributed by atoms with Crippen molar-refractivity contribution in [2.24, 2.45) is 0 Å². The first kappa shape index (κ1) is 12.0. The van der Waals surface area contributed by atoms with E-state index < -0.39 is 5.91 Å². The van der Waals surface area contributed by atoms with Crippen molar-refractivity contribution in [1.82, 2.24) is 4.98 Å². The van der Waals surface area contributed by atoms with Gasteiger partial charge in [0.15, 0.2) is 5.78 Å². The summed E-state index contributed by atoms with van der Waals surface area (Å²) in [7, 11) is 0. The van der Waals surface area contributed by atoms with Gasteiger partial charge in [0.1, 0.15) is 5.76 Å². The normalized spacial score (nSPS) is 10.1. The highest BCUT2D eigenvalue weighted by molar-refractivity contribution is 6.01. The van der Waals surface area contributed by atoms with E-state index in [1.165, 1.54) is 13.1 Å². The quantitative estimate of drug-likeness (QED) is 0.841. The molecule has 0 aliphatic heterocycles. The van der Waals surface area contributed by atoms with Crippen LogP contribution in [0.25, 0.3) is 0 Å². The van der Waals surface area contributed by atoms with Crippen molar-refractivity contribution >= 4 is 17.4 Å². The van der Waals surface area contributed by atoms with Crippen molar-refractivity contribution in [2.75, 3.05) is 5.32 Å². The number of anilines is 1. The number of hydrogen-bond acceptors (Lipinski definition) is 4. The van der Waals surface area contributed by atoms with Gasteiger partial charge in [0, 0.05) is 11.3 Å². The minimum Gasteiger partial charge on any atom is -0.438 e. The zero-order chi connectivity index (χ0) is 13.1. The maximum absolute atomic E-state index is 11.7. The van der Waals surface area contributed by atoms with Gasteiger partial charge < -0.3 is 9.73 Å². The molecule has 1 N–H and O–H groups in total. The SMILES string of the molecule is CC(=O)c1ccc(NC(=O)c2ncc(C)o2)cc1. The highest BCUT2D eigenvalue weighted by atomic mass is 16.4. The highest BCUT2D eigenvalue weighted by Gasteiger charge is 2.12. The lowest BCUT2D eigenvalue weighted by Crippen LogP contribution is -2.12. The number of oxazole rings is 1. The van der Waals surface area contributed by atoms with E-state index in [9.17, 15) is 9.59 Å². The molecule has 0 atom stereocenters. The van der Waals surface area contributed by atoms with Crippen LogP contribution in [0.3, 0.4) is 0 Å². The van der Waals surface area contributed by atoms with Crippen LogP contribution >= 0.6 is 0 Å². The molecule has 0 saturated heterocycles. The van der Waals surface area contributed by atoms with Crippen LogP contribution in [0.15, 0.2) is 34.9 Å². The maximum Gasteiger partial charge on any atom is 0.311 e. The first-order valence-electron chi connectivity index (χ1n) is 5.41. The summed E-state index contributed by atoms with van der Waals surface area (Å²) in [4.78, 5) is 26.6. The second-order valence-corrected chi connectivity index (χ2v) is 3.86. The predicted molar refractivity (Wildman–Crippen MR) is 65.6 cm³/mol. The summed E-state index contributed by atoms with van der Waals surface area (Å²) in [5.74, 6) is 0.157. The van der Waals surface area contributed by atoms with Crippen LogP contribution in [0.1, 0.15) is 33.7 Å². The first-order chi connectivity index (χ1) is 8.56. The molecule has 0 radical (unpaired) electrons. The number of Topliss-reactive ketones (excluding diaryl/α,β-unsaturated/α-hetero) is 1. The van der Waals surface area contributed by atoms with E-state index >= 15 is 0 Å². The summed E-state index contributed by atoms with van der Waals surface area (Å²) >= 11 is 0. The fraction of sp³-hybridized carbons (Fsp3) is 0.154. The molecule has 1 heterocycles. The van der Waals surface area contributed by atoms with Crippen LogP contribution in [0.5, 0.6) is 0 Å². The molecule has 2 rings (SSSR count). The largest absolute Gasteiger partial charge is 0.438 e. The van der Waals surface area contributed by atoms with E-state index in [0.717, 1.165) is 0 Å². The van der Waals surface area contributed by atoms with Crippen LogP contribution in [0.4, 0.5) is 5.69 Å². The monoisotopic (exact) mass is 244 g/mol. The third-order valence-corrected chi connectivity index (χ3v) is 2.36. The smallest absolute Gasteiger partial charge is 0.311 e. The number of nitrogens with zero attached hydrogens (tertiary/aromatic N) is 1. The van der Waals surface area contributed by atoms with Crippen molar-refractivity contribution < 1.29 is 14.0 Å². The minimum absolute atomic E-state index is 0.0168. The Kier molecular flexibility index (Phi) is 3.23. The van der Waals surface area contributed by atoms with Gasteiger partial charge in [-0.05, 0) is 38.1 Å². The molecular formula is C13H12N2O3. The van der Waals surface area contributed by atoms with Crippen LogP contribution < -0.4 is 5.32 Å². The molecule has 0 bridgehead atoms. The summed E-state index contributed by atoms with van der Waals surface area (Å²) in [6.07, 6.45) is 1.48. The van der Waals surface area contributed by atoms with Gasteiger partial charge in [0.2, 0.25) is 0 Å².